The lowest BCUT2D eigenvalue weighted by Gasteiger charge is -2.42. The zero-order valence-electron chi connectivity index (χ0n) is 12.3. The van der Waals surface area contributed by atoms with Gasteiger partial charge in [0, 0.05) is 17.7 Å². The second-order valence-corrected chi connectivity index (χ2v) is 5.91. The molecule has 2 rings (SSSR count). The molecule has 0 heterocycles. The third kappa shape index (κ3) is 2.66. The minimum atomic E-state index is -0.312. The number of amides is 1. The molecule has 4 nitrogen and oxygen atoms in total. The summed E-state index contributed by atoms with van der Waals surface area (Å²) < 4.78 is 0. The maximum atomic E-state index is 12.5. The van der Waals surface area contributed by atoms with Crippen LogP contribution in [0.3, 0.4) is 0 Å². The molecule has 1 aromatic carbocycles. The van der Waals surface area contributed by atoms with Gasteiger partial charge in [-0.2, -0.15) is 0 Å². The molecular weight excluding hydrogens is 252 g/mol. The van der Waals surface area contributed by atoms with Crippen LogP contribution in [0.25, 0.3) is 0 Å². The SMILES string of the molecule is Cc1c(O)cccc1C(=O)NC1(CN)CCCCC1C. The van der Waals surface area contributed by atoms with Crippen LogP contribution < -0.4 is 11.1 Å². The van der Waals surface area contributed by atoms with Crippen molar-refractivity contribution in [1.82, 2.24) is 5.32 Å². The fraction of sp³-hybridized carbons (Fsp3) is 0.562. The van der Waals surface area contributed by atoms with Gasteiger partial charge in [0.1, 0.15) is 5.75 Å². The summed E-state index contributed by atoms with van der Waals surface area (Å²) in [5.74, 6) is 0.386. The minimum Gasteiger partial charge on any atom is -0.508 e. The number of benzene rings is 1. The first-order chi connectivity index (χ1) is 9.50. The van der Waals surface area contributed by atoms with E-state index in [4.69, 9.17) is 5.73 Å². The molecule has 1 fully saturated rings. The molecule has 0 saturated heterocycles. The first kappa shape index (κ1) is 14.9. The molecule has 2 atom stereocenters. The number of hydrogen-bond acceptors (Lipinski definition) is 3. The fourth-order valence-corrected chi connectivity index (χ4v) is 3.12. The minimum absolute atomic E-state index is 0.141. The van der Waals surface area contributed by atoms with Crippen LogP contribution in [0.1, 0.15) is 48.5 Å². The Labute approximate surface area is 120 Å². The Morgan fingerprint density at radius 2 is 2.25 bits per heavy atom. The van der Waals surface area contributed by atoms with Gasteiger partial charge in [-0.1, -0.05) is 25.8 Å². The number of phenols is 1. The lowest BCUT2D eigenvalue weighted by Crippen LogP contribution is -2.59. The Bertz CT molecular complexity index is 501. The van der Waals surface area contributed by atoms with Crippen LogP contribution >= 0.6 is 0 Å². The predicted octanol–water partition coefficient (Wildman–Crippen LogP) is 2.34. The van der Waals surface area contributed by atoms with E-state index in [1.165, 1.54) is 6.42 Å². The van der Waals surface area contributed by atoms with E-state index in [0.717, 1.165) is 19.3 Å². The van der Waals surface area contributed by atoms with Gasteiger partial charge >= 0.3 is 0 Å². The van der Waals surface area contributed by atoms with E-state index >= 15 is 0 Å². The molecule has 0 aliphatic heterocycles. The molecule has 4 N–H and O–H groups in total. The van der Waals surface area contributed by atoms with Crippen LogP contribution in [-0.2, 0) is 0 Å². The summed E-state index contributed by atoms with van der Waals surface area (Å²) in [5.41, 5.74) is 6.78. The Kier molecular flexibility index (Phi) is 4.33. The number of carbonyl (C=O) groups excluding carboxylic acids is 1. The molecular formula is C16H24N2O2. The summed E-state index contributed by atoms with van der Waals surface area (Å²) in [5, 5.41) is 12.9. The summed E-state index contributed by atoms with van der Waals surface area (Å²) in [6, 6.07) is 5.02. The van der Waals surface area contributed by atoms with Crippen molar-refractivity contribution in [3.63, 3.8) is 0 Å². The quantitative estimate of drug-likeness (QED) is 0.793. The van der Waals surface area contributed by atoms with Crippen molar-refractivity contribution >= 4 is 5.91 Å². The number of rotatable bonds is 3. The van der Waals surface area contributed by atoms with Gasteiger partial charge in [0.15, 0.2) is 0 Å². The number of hydrogen-bond donors (Lipinski definition) is 3. The van der Waals surface area contributed by atoms with Crippen molar-refractivity contribution in [3.8, 4) is 5.75 Å². The highest BCUT2D eigenvalue weighted by Gasteiger charge is 2.38. The summed E-state index contributed by atoms with van der Waals surface area (Å²) in [6.07, 6.45) is 4.32. The van der Waals surface area contributed by atoms with Crippen LogP contribution in [0.5, 0.6) is 5.75 Å². The smallest absolute Gasteiger partial charge is 0.252 e. The van der Waals surface area contributed by atoms with Crippen molar-refractivity contribution in [1.29, 1.82) is 0 Å². The number of aromatic hydroxyl groups is 1. The van der Waals surface area contributed by atoms with Gasteiger partial charge in [0.05, 0.1) is 5.54 Å². The Balaban J connectivity index is 2.23. The van der Waals surface area contributed by atoms with Gasteiger partial charge in [-0.05, 0) is 37.8 Å². The van der Waals surface area contributed by atoms with Gasteiger partial charge in [-0.15, -0.1) is 0 Å². The van der Waals surface area contributed by atoms with Gasteiger partial charge in [0.2, 0.25) is 0 Å². The first-order valence-corrected chi connectivity index (χ1v) is 7.31. The Hall–Kier alpha value is -1.55. The Morgan fingerprint density at radius 1 is 1.50 bits per heavy atom. The molecule has 0 radical (unpaired) electrons. The third-order valence-corrected chi connectivity index (χ3v) is 4.73. The average Bonchev–Trinajstić information content (AvgIpc) is 2.44. The molecule has 1 saturated carbocycles. The summed E-state index contributed by atoms with van der Waals surface area (Å²) in [7, 11) is 0. The van der Waals surface area contributed by atoms with E-state index in [0.29, 0.717) is 23.6 Å². The third-order valence-electron chi connectivity index (χ3n) is 4.73. The number of nitrogens with one attached hydrogen (secondary N) is 1. The molecule has 0 bridgehead atoms. The highest BCUT2D eigenvalue weighted by molar-refractivity contribution is 5.96. The maximum Gasteiger partial charge on any atom is 0.252 e. The van der Waals surface area contributed by atoms with Crippen LogP contribution in [0.2, 0.25) is 0 Å². The normalized spacial score (nSPS) is 26.2. The molecule has 2 unspecified atom stereocenters. The van der Waals surface area contributed by atoms with E-state index in [1.54, 1.807) is 25.1 Å². The van der Waals surface area contributed by atoms with Crippen molar-refractivity contribution in [2.24, 2.45) is 11.7 Å². The topological polar surface area (TPSA) is 75.3 Å². The maximum absolute atomic E-state index is 12.5. The molecule has 4 heteroatoms. The van der Waals surface area contributed by atoms with Crippen molar-refractivity contribution in [2.75, 3.05) is 6.54 Å². The van der Waals surface area contributed by atoms with Crippen molar-refractivity contribution in [2.45, 2.75) is 45.1 Å². The van der Waals surface area contributed by atoms with Gasteiger partial charge in [0.25, 0.3) is 5.91 Å². The van der Waals surface area contributed by atoms with E-state index in [9.17, 15) is 9.90 Å². The second kappa shape index (κ2) is 5.83. The molecule has 1 aromatic rings. The molecule has 1 amide bonds. The van der Waals surface area contributed by atoms with E-state index in [2.05, 4.69) is 12.2 Å². The zero-order chi connectivity index (χ0) is 14.8. The van der Waals surface area contributed by atoms with E-state index in [-0.39, 0.29) is 17.2 Å². The summed E-state index contributed by atoms with van der Waals surface area (Å²) in [6.45, 7) is 4.36. The van der Waals surface area contributed by atoms with Crippen LogP contribution in [-0.4, -0.2) is 23.1 Å². The molecule has 1 aliphatic rings. The van der Waals surface area contributed by atoms with Gasteiger partial charge in [-0.3, -0.25) is 4.79 Å². The standard InChI is InChI=1S/C16H24N2O2/c1-11-6-3-4-9-16(11,10-17)18-15(20)13-7-5-8-14(19)12(13)2/h5,7-8,11,19H,3-4,6,9-10,17H2,1-2H3,(H,18,20). The lowest BCUT2D eigenvalue weighted by atomic mass is 9.73. The molecule has 110 valence electrons. The lowest BCUT2D eigenvalue weighted by molar-refractivity contribution is 0.0811. The molecule has 0 aromatic heterocycles. The highest BCUT2D eigenvalue weighted by Crippen LogP contribution is 2.33. The first-order valence-electron chi connectivity index (χ1n) is 7.31. The van der Waals surface area contributed by atoms with E-state index in [1.807, 2.05) is 0 Å². The Morgan fingerprint density at radius 3 is 2.90 bits per heavy atom. The van der Waals surface area contributed by atoms with E-state index < -0.39 is 0 Å². The zero-order valence-corrected chi connectivity index (χ0v) is 12.3. The average molecular weight is 276 g/mol. The summed E-state index contributed by atoms with van der Waals surface area (Å²) in [4.78, 5) is 12.5. The second-order valence-electron chi connectivity index (χ2n) is 5.91. The van der Waals surface area contributed by atoms with Crippen LogP contribution in [0, 0.1) is 12.8 Å². The summed E-state index contributed by atoms with van der Waals surface area (Å²) >= 11 is 0. The predicted molar refractivity (Wildman–Crippen MR) is 79.7 cm³/mol. The molecule has 20 heavy (non-hydrogen) atoms. The molecule has 1 aliphatic carbocycles. The van der Waals surface area contributed by atoms with Crippen molar-refractivity contribution < 1.29 is 9.90 Å². The van der Waals surface area contributed by atoms with Crippen LogP contribution in [0.15, 0.2) is 18.2 Å². The number of phenolic OH excluding ortho intramolecular Hbond substituents is 1. The van der Waals surface area contributed by atoms with Crippen LogP contribution in [0.4, 0.5) is 0 Å². The fourth-order valence-electron chi connectivity index (χ4n) is 3.12. The monoisotopic (exact) mass is 276 g/mol. The van der Waals surface area contributed by atoms with Gasteiger partial charge in [-0.25, -0.2) is 0 Å². The number of nitrogens with two attached hydrogens (primary N) is 1. The van der Waals surface area contributed by atoms with Crippen molar-refractivity contribution in [3.05, 3.63) is 29.3 Å². The van der Waals surface area contributed by atoms with Gasteiger partial charge < -0.3 is 16.2 Å². The largest absolute Gasteiger partial charge is 0.508 e. The molecule has 0 spiro atoms. The number of carbonyl (C=O) groups is 1. The highest BCUT2D eigenvalue weighted by atomic mass is 16.3.